The van der Waals surface area contributed by atoms with Gasteiger partial charge in [-0.3, -0.25) is 4.98 Å². The van der Waals surface area contributed by atoms with Gasteiger partial charge in [0.15, 0.2) is 0 Å². The van der Waals surface area contributed by atoms with Crippen LogP contribution in [-0.4, -0.2) is 33.2 Å². The van der Waals surface area contributed by atoms with Crippen molar-refractivity contribution in [1.29, 1.82) is 0 Å². The van der Waals surface area contributed by atoms with Gasteiger partial charge < -0.3 is 9.84 Å². The first kappa shape index (κ1) is 11.7. The van der Waals surface area contributed by atoms with Crippen LogP contribution in [0.15, 0.2) is 22.9 Å². The number of hydrogen-bond donors (Lipinski definition) is 1. The van der Waals surface area contributed by atoms with Crippen LogP contribution in [-0.2, 0) is 0 Å². The van der Waals surface area contributed by atoms with Crippen LogP contribution in [0.25, 0.3) is 11.5 Å². The SMILES string of the molecule is Cc1ccnc(-c2noc(C3CSCCN3)n2)c1. The van der Waals surface area contributed by atoms with Crippen LogP contribution < -0.4 is 5.32 Å². The van der Waals surface area contributed by atoms with Crippen molar-refractivity contribution in [3.63, 3.8) is 0 Å². The summed E-state index contributed by atoms with van der Waals surface area (Å²) in [4.78, 5) is 8.69. The molecule has 0 saturated carbocycles. The van der Waals surface area contributed by atoms with E-state index in [4.69, 9.17) is 4.52 Å². The van der Waals surface area contributed by atoms with Crippen molar-refractivity contribution in [1.82, 2.24) is 20.4 Å². The number of aryl methyl sites for hydroxylation is 1. The highest BCUT2D eigenvalue weighted by Gasteiger charge is 2.21. The number of hydrogen-bond acceptors (Lipinski definition) is 6. The minimum atomic E-state index is 0.162. The van der Waals surface area contributed by atoms with Crippen molar-refractivity contribution < 1.29 is 4.52 Å². The first-order valence-corrected chi connectivity index (χ1v) is 7.06. The van der Waals surface area contributed by atoms with Gasteiger partial charge in [-0.25, -0.2) is 0 Å². The van der Waals surface area contributed by atoms with Gasteiger partial charge in [0, 0.05) is 24.2 Å². The zero-order valence-electron chi connectivity index (χ0n) is 10.1. The molecule has 1 aliphatic rings. The third-order valence-corrected chi connectivity index (χ3v) is 3.87. The molecule has 2 aromatic rings. The van der Waals surface area contributed by atoms with Crippen LogP contribution in [0.5, 0.6) is 0 Å². The molecule has 5 nitrogen and oxygen atoms in total. The largest absolute Gasteiger partial charge is 0.337 e. The first-order valence-electron chi connectivity index (χ1n) is 5.91. The summed E-state index contributed by atoms with van der Waals surface area (Å²) in [6.45, 7) is 3.00. The molecule has 3 heterocycles. The Morgan fingerprint density at radius 1 is 1.50 bits per heavy atom. The lowest BCUT2D eigenvalue weighted by atomic mass is 10.2. The van der Waals surface area contributed by atoms with Gasteiger partial charge in [0.1, 0.15) is 5.69 Å². The van der Waals surface area contributed by atoms with Crippen molar-refractivity contribution in [3.05, 3.63) is 29.8 Å². The van der Waals surface area contributed by atoms with Gasteiger partial charge in [0.05, 0.1) is 6.04 Å². The van der Waals surface area contributed by atoms with E-state index in [2.05, 4.69) is 20.4 Å². The van der Waals surface area contributed by atoms with Crippen LogP contribution in [0.4, 0.5) is 0 Å². The van der Waals surface area contributed by atoms with Crippen molar-refractivity contribution in [2.45, 2.75) is 13.0 Å². The predicted octanol–water partition coefficient (Wildman–Crippen LogP) is 1.82. The van der Waals surface area contributed by atoms with E-state index in [0.29, 0.717) is 11.7 Å². The van der Waals surface area contributed by atoms with E-state index in [0.717, 1.165) is 29.3 Å². The molecule has 1 saturated heterocycles. The molecule has 0 spiro atoms. The summed E-state index contributed by atoms with van der Waals surface area (Å²) in [5.41, 5.74) is 1.89. The van der Waals surface area contributed by atoms with E-state index in [1.807, 2.05) is 30.8 Å². The van der Waals surface area contributed by atoms with E-state index < -0.39 is 0 Å². The molecule has 3 rings (SSSR count). The maximum atomic E-state index is 5.32. The molecular formula is C12H14N4OS. The molecule has 6 heteroatoms. The smallest absolute Gasteiger partial charge is 0.244 e. The fraction of sp³-hybridized carbons (Fsp3) is 0.417. The maximum absolute atomic E-state index is 5.32. The molecule has 18 heavy (non-hydrogen) atoms. The van der Waals surface area contributed by atoms with Gasteiger partial charge in [0.25, 0.3) is 0 Å². The van der Waals surface area contributed by atoms with Crippen LogP contribution in [0.3, 0.4) is 0 Å². The second-order valence-corrected chi connectivity index (χ2v) is 5.41. The molecule has 0 amide bonds. The summed E-state index contributed by atoms with van der Waals surface area (Å²) < 4.78 is 5.32. The lowest BCUT2D eigenvalue weighted by Gasteiger charge is -2.19. The second kappa shape index (κ2) is 5.07. The summed E-state index contributed by atoms with van der Waals surface area (Å²) in [6.07, 6.45) is 1.76. The molecule has 1 fully saturated rings. The number of rotatable bonds is 2. The molecule has 1 N–H and O–H groups in total. The highest BCUT2D eigenvalue weighted by Crippen LogP contribution is 2.22. The Labute approximate surface area is 109 Å². The average Bonchev–Trinajstić information content (AvgIpc) is 2.89. The Bertz CT molecular complexity index is 536. The molecule has 1 unspecified atom stereocenters. The van der Waals surface area contributed by atoms with Crippen LogP contribution in [0, 0.1) is 6.92 Å². The molecule has 0 aromatic carbocycles. The second-order valence-electron chi connectivity index (χ2n) is 4.26. The monoisotopic (exact) mass is 262 g/mol. The number of aromatic nitrogens is 3. The fourth-order valence-electron chi connectivity index (χ4n) is 1.86. The van der Waals surface area contributed by atoms with Gasteiger partial charge in [0.2, 0.25) is 11.7 Å². The van der Waals surface area contributed by atoms with E-state index >= 15 is 0 Å². The lowest BCUT2D eigenvalue weighted by Crippen LogP contribution is -2.30. The molecule has 0 bridgehead atoms. The quantitative estimate of drug-likeness (QED) is 0.890. The predicted molar refractivity (Wildman–Crippen MR) is 70.3 cm³/mol. The molecular weight excluding hydrogens is 248 g/mol. The molecule has 0 radical (unpaired) electrons. The minimum Gasteiger partial charge on any atom is -0.337 e. The Hall–Kier alpha value is -1.40. The average molecular weight is 262 g/mol. The van der Waals surface area contributed by atoms with Gasteiger partial charge >= 0.3 is 0 Å². The highest BCUT2D eigenvalue weighted by molar-refractivity contribution is 7.99. The Morgan fingerprint density at radius 2 is 2.44 bits per heavy atom. The Kier molecular flexibility index (Phi) is 3.29. The standard InChI is InChI=1S/C12H14N4OS/c1-8-2-3-13-9(6-8)11-15-12(17-16-11)10-7-18-5-4-14-10/h2-3,6,10,14H,4-5,7H2,1H3. The van der Waals surface area contributed by atoms with E-state index in [1.165, 1.54) is 0 Å². The van der Waals surface area contributed by atoms with Crippen LogP contribution >= 0.6 is 11.8 Å². The topological polar surface area (TPSA) is 63.8 Å². The van der Waals surface area contributed by atoms with Crippen molar-refractivity contribution in [2.75, 3.05) is 18.1 Å². The Morgan fingerprint density at radius 3 is 3.22 bits per heavy atom. The zero-order chi connectivity index (χ0) is 12.4. The summed E-state index contributed by atoms with van der Waals surface area (Å²) in [7, 11) is 0. The fourth-order valence-corrected chi connectivity index (χ4v) is 2.79. The third-order valence-electron chi connectivity index (χ3n) is 2.81. The summed E-state index contributed by atoms with van der Waals surface area (Å²) in [5, 5.41) is 7.38. The van der Waals surface area contributed by atoms with E-state index in [1.54, 1.807) is 6.20 Å². The lowest BCUT2D eigenvalue weighted by molar-refractivity contribution is 0.342. The van der Waals surface area contributed by atoms with Gasteiger partial charge in [-0.2, -0.15) is 16.7 Å². The van der Waals surface area contributed by atoms with E-state index in [9.17, 15) is 0 Å². The minimum absolute atomic E-state index is 0.162. The first-order chi connectivity index (χ1) is 8.83. The highest BCUT2D eigenvalue weighted by atomic mass is 32.2. The maximum Gasteiger partial charge on any atom is 0.244 e. The Balaban J connectivity index is 1.84. The number of thioether (sulfide) groups is 1. The van der Waals surface area contributed by atoms with E-state index in [-0.39, 0.29) is 6.04 Å². The molecule has 1 atom stereocenters. The number of pyridine rings is 1. The normalized spacial score (nSPS) is 19.9. The van der Waals surface area contributed by atoms with Crippen molar-refractivity contribution in [3.8, 4) is 11.5 Å². The summed E-state index contributed by atoms with van der Waals surface area (Å²) in [5.74, 6) is 3.33. The summed E-state index contributed by atoms with van der Waals surface area (Å²) >= 11 is 1.90. The third kappa shape index (κ3) is 2.39. The zero-order valence-corrected chi connectivity index (χ0v) is 10.9. The van der Waals surface area contributed by atoms with Gasteiger partial charge in [-0.1, -0.05) is 5.16 Å². The molecule has 0 aliphatic carbocycles. The van der Waals surface area contributed by atoms with Gasteiger partial charge in [-0.15, -0.1) is 0 Å². The molecule has 2 aromatic heterocycles. The molecule has 1 aliphatic heterocycles. The number of nitrogens with one attached hydrogen (secondary N) is 1. The molecule has 94 valence electrons. The number of nitrogens with zero attached hydrogens (tertiary/aromatic N) is 3. The van der Waals surface area contributed by atoms with Crippen LogP contribution in [0.2, 0.25) is 0 Å². The van der Waals surface area contributed by atoms with Crippen molar-refractivity contribution in [2.24, 2.45) is 0 Å². The van der Waals surface area contributed by atoms with Crippen LogP contribution in [0.1, 0.15) is 17.5 Å². The van der Waals surface area contributed by atoms with Gasteiger partial charge in [-0.05, 0) is 24.6 Å². The van der Waals surface area contributed by atoms with Crippen molar-refractivity contribution >= 4 is 11.8 Å². The summed E-state index contributed by atoms with van der Waals surface area (Å²) in [6, 6.07) is 4.07.